The molecule has 0 unspecified atom stereocenters. The Morgan fingerprint density at radius 2 is 1.76 bits per heavy atom. The Morgan fingerprint density at radius 1 is 1.03 bits per heavy atom. The highest BCUT2D eigenvalue weighted by Gasteiger charge is 2.36. The predicted octanol–water partition coefficient (Wildman–Crippen LogP) is 5.61. The Balaban J connectivity index is 1.56. The van der Waals surface area contributed by atoms with Gasteiger partial charge in [0, 0.05) is 16.3 Å². The van der Waals surface area contributed by atoms with Crippen molar-refractivity contribution in [2.45, 2.75) is 0 Å². The molecule has 0 spiro atoms. The minimum atomic E-state index is -0.465. The van der Waals surface area contributed by atoms with Crippen LogP contribution in [-0.2, 0) is 9.59 Å². The lowest BCUT2D eigenvalue weighted by molar-refractivity contribution is -0.118. The van der Waals surface area contributed by atoms with Crippen molar-refractivity contribution in [2.24, 2.45) is 0 Å². The molecule has 3 amide bonds. The maximum absolute atomic E-state index is 13.0. The molecule has 1 aliphatic heterocycles. The molecule has 1 fully saturated rings. The number of methoxy groups -OCH3 is 1. The van der Waals surface area contributed by atoms with Gasteiger partial charge < -0.3 is 14.8 Å². The Morgan fingerprint density at radius 3 is 2.47 bits per heavy atom. The van der Waals surface area contributed by atoms with E-state index in [0.717, 1.165) is 16.7 Å². The van der Waals surface area contributed by atoms with E-state index in [0.29, 0.717) is 27.7 Å². The van der Waals surface area contributed by atoms with Crippen LogP contribution >= 0.6 is 23.4 Å². The second-order valence-corrected chi connectivity index (χ2v) is 8.50. The van der Waals surface area contributed by atoms with E-state index in [2.05, 4.69) is 5.32 Å². The van der Waals surface area contributed by atoms with E-state index in [1.54, 1.807) is 60.7 Å². The van der Waals surface area contributed by atoms with Gasteiger partial charge in [0.05, 0.1) is 17.7 Å². The molecule has 1 saturated heterocycles. The van der Waals surface area contributed by atoms with Crippen LogP contribution in [0.3, 0.4) is 0 Å². The highest BCUT2D eigenvalue weighted by molar-refractivity contribution is 8.19. The smallest absolute Gasteiger partial charge is 0.298 e. The lowest BCUT2D eigenvalue weighted by atomic mass is 10.1. The van der Waals surface area contributed by atoms with E-state index in [4.69, 9.17) is 21.1 Å². The number of ether oxygens (including phenoxy) is 2. The van der Waals surface area contributed by atoms with Gasteiger partial charge in [0.25, 0.3) is 17.1 Å². The molecule has 9 heteroatoms. The minimum Gasteiger partial charge on any atom is -0.493 e. The number of carbonyl (C=O) groups is 3. The van der Waals surface area contributed by atoms with E-state index in [1.807, 2.05) is 18.2 Å². The Labute approximate surface area is 205 Å². The number of carbonyl (C=O) groups excluding carboxylic acids is 3. The van der Waals surface area contributed by atoms with Crippen LogP contribution in [0, 0.1) is 0 Å². The van der Waals surface area contributed by atoms with Crippen molar-refractivity contribution in [3.63, 3.8) is 0 Å². The van der Waals surface area contributed by atoms with E-state index in [-0.39, 0.29) is 23.2 Å². The number of para-hydroxylation sites is 2. The Bertz CT molecular complexity index is 1260. The molecule has 0 saturated carbocycles. The van der Waals surface area contributed by atoms with Crippen LogP contribution in [-0.4, -0.2) is 30.8 Å². The number of nitrogens with one attached hydrogen (secondary N) is 1. The summed E-state index contributed by atoms with van der Waals surface area (Å²) in [6.07, 6.45) is 1.55. The van der Waals surface area contributed by atoms with Gasteiger partial charge in [-0.15, -0.1) is 0 Å². The summed E-state index contributed by atoms with van der Waals surface area (Å²) in [5, 5.41) is 2.82. The zero-order valence-electron chi connectivity index (χ0n) is 18.0. The zero-order valence-corrected chi connectivity index (χ0v) is 19.6. The van der Waals surface area contributed by atoms with Gasteiger partial charge in [-0.25, -0.2) is 4.90 Å². The third-order valence-electron chi connectivity index (χ3n) is 4.80. The molecule has 0 atom stereocenters. The minimum absolute atomic E-state index is 0.215. The highest BCUT2D eigenvalue weighted by Crippen LogP contribution is 2.39. The van der Waals surface area contributed by atoms with Crippen LogP contribution < -0.4 is 19.7 Å². The molecule has 0 aliphatic carbocycles. The third kappa shape index (κ3) is 5.24. The van der Waals surface area contributed by atoms with Crippen molar-refractivity contribution >= 4 is 57.9 Å². The number of imide groups is 1. The molecule has 1 aliphatic rings. The van der Waals surface area contributed by atoms with E-state index in [1.165, 1.54) is 7.11 Å². The SMILES string of the molecule is COc1cccc(/C=C2/SC(=O)N(c3ccc(Cl)cc3)C2=O)c1OCC(=O)Nc1ccccc1. The summed E-state index contributed by atoms with van der Waals surface area (Å²) < 4.78 is 11.2. The van der Waals surface area contributed by atoms with Gasteiger partial charge >= 0.3 is 0 Å². The topological polar surface area (TPSA) is 84.9 Å². The van der Waals surface area contributed by atoms with Crippen molar-refractivity contribution < 1.29 is 23.9 Å². The summed E-state index contributed by atoms with van der Waals surface area (Å²) in [6.45, 7) is -0.275. The van der Waals surface area contributed by atoms with Gasteiger partial charge in [-0.05, 0) is 60.3 Å². The second-order valence-electron chi connectivity index (χ2n) is 7.08. The van der Waals surface area contributed by atoms with E-state index >= 15 is 0 Å². The second kappa shape index (κ2) is 10.5. The molecular formula is C25H19ClN2O5S. The first kappa shape index (κ1) is 23.4. The lowest BCUT2D eigenvalue weighted by Gasteiger charge is -2.14. The first-order valence-electron chi connectivity index (χ1n) is 10.1. The van der Waals surface area contributed by atoms with Gasteiger partial charge in [0.2, 0.25) is 0 Å². The monoisotopic (exact) mass is 494 g/mol. The fourth-order valence-corrected chi connectivity index (χ4v) is 4.20. The van der Waals surface area contributed by atoms with Crippen LogP contribution in [0.2, 0.25) is 5.02 Å². The molecule has 4 rings (SSSR count). The molecule has 0 radical (unpaired) electrons. The first-order chi connectivity index (χ1) is 16.5. The Hall–Kier alpha value is -3.75. The van der Waals surface area contributed by atoms with Gasteiger partial charge in [0.1, 0.15) is 0 Å². The summed E-state index contributed by atoms with van der Waals surface area (Å²) in [7, 11) is 1.48. The summed E-state index contributed by atoms with van der Waals surface area (Å²) in [5.41, 5.74) is 1.57. The van der Waals surface area contributed by atoms with Gasteiger partial charge in [0.15, 0.2) is 18.1 Å². The number of hydrogen-bond donors (Lipinski definition) is 1. The number of anilines is 2. The number of benzene rings is 3. The normalized spacial score (nSPS) is 14.4. The maximum atomic E-state index is 13.0. The highest BCUT2D eigenvalue weighted by atomic mass is 35.5. The number of hydrogen-bond acceptors (Lipinski definition) is 6. The molecule has 1 N–H and O–H groups in total. The molecule has 0 aromatic heterocycles. The lowest BCUT2D eigenvalue weighted by Crippen LogP contribution is -2.27. The number of halogens is 1. The summed E-state index contributed by atoms with van der Waals surface area (Å²) in [4.78, 5) is 39.2. The van der Waals surface area contributed by atoms with Gasteiger partial charge in [-0.3, -0.25) is 14.4 Å². The van der Waals surface area contributed by atoms with E-state index in [9.17, 15) is 14.4 Å². The first-order valence-corrected chi connectivity index (χ1v) is 11.3. The fraction of sp³-hybridized carbons (Fsp3) is 0.0800. The maximum Gasteiger partial charge on any atom is 0.298 e. The van der Waals surface area contributed by atoms with Crippen molar-refractivity contribution in [3.8, 4) is 11.5 Å². The van der Waals surface area contributed by atoms with Crippen LogP contribution in [0.1, 0.15) is 5.56 Å². The summed E-state index contributed by atoms with van der Waals surface area (Å²) in [6, 6.07) is 20.6. The van der Waals surface area contributed by atoms with Crippen LogP contribution in [0.25, 0.3) is 6.08 Å². The number of rotatable bonds is 7. The zero-order chi connectivity index (χ0) is 24.1. The molecule has 0 bridgehead atoms. The van der Waals surface area contributed by atoms with Crippen molar-refractivity contribution in [2.75, 3.05) is 23.9 Å². The van der Waals surface area contributed by atoms with Crippen molar-refractivity contribution in [3.05, 3.63) is 88.3 Å². The van der Waals surface area contributed by atoms with Gasteiger partial charge in [-0.2, -0.15) is 0 Å². The molecule has 172 valence electrons. The quantitative estimate of drug-likeness (QED) is 0.430. The average molecular weight is 495 g/mol. The molecular weight excluding hydrogens is 476 g/mol. The predicted molar refractivity (Wildman–Crippen MR) is 133 cm³/mol. The summed E-state index contributed by atoms with van der Waals surface area (Å²) in [5.74, 6) is -0.149. The molecule has 7 nitrogen and oxygen atoms in total. The standard InChI is InChI=1S/C25H19ClN2O5S/c1-32-20-9-5-6-16(23(20)33-15-22(29)27-18-7-3-2-4-8-18)14-21-24(30)28(25(31)34-21)19-12-10-17(26)11-13-19/h2-14H,15H2,1H3,(H,27,29)/b21-14+. The number of amides is 3. The molecule has 34 heavy (non-hydrogen) atoms. The Kier molecular flexibility index (Phi) is 7.20. The number of thioether (sulfide) groups is 1. The van der Waals surface area contributed by atoms with Crippen LogP contribution in [0.5, 0.6) is 11.5 Å². The fourth-order valence-electron chi connectivity index (χ4n) is 3.24. The van der Waals surface area contributed by atoms with Gasteiger partial charge in [-0.1, -0.05) is 41.9 Å². The third-order valence-corrected chi connectivity index (χ3v) is 5.92. The van der Waals surface area contributed by atoms with Crippen LogP contribution in [0.15, 0.2) is 77.7 Å². The van der Waals surface area contributed by atoms with Crippen molar-refractivity contribution in [1.82, 2.24) is 0 Å². The van der Waals surface area contributed by atoms with Crippen molar-refractivity contribution in [1.29, 1.82) is 0 Å². The number of nitrogens with zero attached hydrogens (tertiary/aromatic N) is 1. The average Bonchev–Trinajstić information content (AvgIpc) is 3.12. The molecule has 3 aromatic carbocycles. The summed E-state index contributed by atoms with van der Waals surface area (Å²) >= 11 is 6.73. The molecule has 3 aromatic rings. The van der Waals surface area contributed by atoms with Crippen LogP contribution in [0.4, 0.5) is 16.2 Å². The molecule has 1 heterocycles. The van der Waals surface area contributed by atoms with E-state index < -0.39 is 11.1 Å². The largest absolute Gasteiger partial charge is 0.493 e.